The van der Waals surface area contributed by atoms with Crippen molar-refractivity contribution in [2.75, 3.05) is 0 Å². The summed E-state index contributed by atoms with van der Waals surface area (Å²) >= 11 is 5.08. The highest BCUT2D eigenvalue weighted by Gasteiger charge is 2.37. The quantitative estimate of drug-likeness (QED) is 0.359. The molecule has 0 bridgehead atoms. The van der Waals surface area contributed by atoms with Gasteiger partial charge in [-0.15, -0.1) is 0 Å². The Kier molecular flexibility index (Phi) is 3.51. The molecule has 0 N–H and O–H groups in total. The molecule has 0 aliphatic rings. The molecule has 94 valence electrons. The lowest BCUT2D eigenvalue weighted by molar-refractivity contribution is -0.386. The van der Waals surface area contributed by atoms with Gasteiger partial charge in [-0.3, -0.25) is 10.1 Å². The molecule has 10 heteroatoms. The van der Waals surface area contributed by atoms with E-state index in [0.717, 1.165) is 0 Å². The molecule has 1 rings (SSSR count). The first kappa shape index (κ1) is 13.6. The molecule has 0 unspecified atom stereocenters. The van der Waals surface area contributed by atoms with Crippen LogP contribution < -0.4 is 0 Å². The summed E-state index contributed by atoms with van der Waals surface area (Å²) in [4.78, 5) is 11.7. The summed E-state index contributed by atoms with van der Waals surface area (Å²) in [6.45, 7) is 0. The maximum Gasteiger partial charge on any atom is 0.433 e. The Morgan fingerprint density at radius 2 is 1.94 bits per heavy atom. The van der Waals surface area contributed by atoms with E-state index < -0.39 is 39.6 Å². The lowest BCUT2D eigenvalue weighted by Gasteiger charge is -2.09. The Hall–Kier alpha value is -1.51. The van der Waals surface area contributed by atoms with E-state index in [2.05, 4.69) is 4.98 Å². The summed E-state index contributed by atoms with van der Waals surface area (Å²) in [5.41, 5.74) is -4.43. The normalized spacial score (nSPS) is 11.9. The maximum atomic E-state index is 12.4. The van der Waals surface area contributed by atoms with Gasteiger partial charge in [0.1, 0.15) is 10.7 Å². The fourth-order valence-corrected chi connectivity index (χ4v) is 1.28. The third-order valence-electron chi connectivity index (χ3n) is 1.70. The molecule has 1 heterocycles. The SMILES string of the molecule is O=[N+]([O-])c1cc(C(F)(F)F)nc(Cl)c1C(F)F. The average molecular weight is 277 g/mol. The van der Waals surface area contributed by atoms with Crippen molar-refractivity contribution in [3.63, 3.8) is 0 Å². The number of halogens is 6. The molecule has 1 aromatic heterocycles. The molecule has 0 aromatic carbocycles. The predicted octanol–water partition coefficient (Wildman–Crippen LogP) is 3.60. The average Bonchev–Trinajstić information content (AvgIpc) is 2.13. The van der Waals surface area contributed by atoms with E-state index in [4.69, 9.17) is 11.6 Å². The van der Waals surface area contributed by atoms with Gasteiger partial charge in [-0.2, -0.15) is 13.2 Å². The minimum atomic E-state index is -5.00. The van der Waals surface area contributed by atoms with Gasteiger partial charge >= 0.3 is 6.18 Å². The molecule has 0 saturated carbocycles. The summed E-state index contributed by atoms with van der Waals surface area (Å²) in [7, 11) is 0. The van der Waals surface area contributed by atoms with Crippen molar-refractivity contribution in [2.45, 2.75) is 12.6 Å². The summed E-state index contributed by atoms with van der Waals surface area (Å²) in [6.07, 6.45) is -8.40. The Bertz CT molecular complexity index is 462. The van der Waals surface area contributed by atoms with Gasteiger partial charge in [0, 0.05) is 6.07 Å². The van der Waals surface area contributed by atoms with Gasteiger partial charge in [0.05, 0.1) is 4.92 Å². The largest absolute Gasteiger partial charge is 0.433 e. The van der Waals surface area contributed by atoms with E-state index >= 15 is 0 Å². The van der Waals surface area contributed by atoms with Gasteiger partial charge in [-0.1, -0.05) is 11.6 Å². The minimum absolute atomic E-state index is 0.0760. The monoisotopic (exact) mass is 276 g/mol. The van der Waals surface area contributed by atoms with E-state index in [1.54, 1.807) is 0 Å². The fourth-order valence-electron chi connectivity index (χ4n) is 1.01. The molecule has 0 spiro atoms. The highest BCUT2D eigenvalue weighted by Crippen LogP contribution is 2.38. The number of nitrogens with zero attached hydrogens (tertiary/aromatic N) is 2. The molecule has 0 fully saturated rings. The second-order valence-corrected chi connectivity index (χ2v) is 3.14. The number of alkyl halides is 5. The summed E-state index contributed by atoms with van der Waals surface area (Å²) < 4.78 is 61.4. The zero-order chi connectivity index (χ0) is 13.4. The van der Waals surface area contributed by atoms with E-state index in [9.17, 15) is 32.1 Å². The van der Waals surface area contributed by atoms with E-state index in [0.29, 0.717) is 0 Å². The topological polar surface area (TPSA) is 56.0 Å². The van der Waals surface area contributed by atoms with Crippen molar-refractivity contribution in [1.29, 1.82) is 0 Å². The number of rotatable bonds is 2. The van der Waals surface area contributed by atoms with Crippen LogP contribution in [0.4, 0.5) is 27.6 Å². The van der Waals surface area contributed by atoms with Crippen LogP contribution in [0.3, 0.4) is 0 Å². The third-order valence-corrected chi connectivity index (χ3v) is 1.98. The highest BCUT2D eigenvalue weighted by molar-refractivity contribution is 6.30. The van der Waals surface area contributed by atoms with Crippen LogP contribution in [-0.2, 0) is 6.18 Å². The zero-order valence-electron chi connectivity index (χ0n) is 7.63. The number of pyridine rings is 1. The Labute approximate surface area is 95.2 Å². The van der Waals surface area contributed by atoms with E-state index in [-0.39, 0.29) is 6.07 Å². The van der Waals surface area contributed by atoms with Crippen LogP contribution in [0.25, 0.3) is 0 Å². The van der Waals surface area contributed by atoms with Gasteiger partial charge in [-0.25, -0.2) is 13.8 Å². The van der Waals surface area contributed by atoms with Gasteiger partial charge in [0.15, 0.2) is 5.69 Å². The smallest absolute Gasteiger partial charge is 0.258 e. The van der Waals surface area contributed by atoms with Crippen LogP contribution in [-0.4, -0.2) is 9.91 Å². The third kappa shape index (κ3) is 2.78. The fraction of sp³-hybridized carbons (Fsp3) is 0.286. The Morgan fingerprint density at radius 3 is 2.29 bits per heavy atom. The van der Waals surface area contributed by atoms with Crippen LogP contribution in [0.1, 0.15) is 17.7 Å². The van der Waals surface area contributed by atoms with E-state index in [1.807, 2.05) is 0 Å². The second-order valence-electron chi connectivity index (χ2n) is 2.79. The van der Waals surface area contributed by atoms with Crippen LogP contribution in [0, 0.1) is 10.1 Å². The van der Waals surface area contributed by atoms with Crippen molar-refractivity contribution in [2.24, 2.45) is 0 Å². The molecule has 1 aromatic rings. The van der Waals surface area contributed by atoms with Gasteiger partial charge in [0.25, 0.3) is 12.1 Å². The highest BCUT2D eigenvalue weighted by atomic mass is 35.5. The Morgan fingerprint density at radius 1 is 1.41 bits per heavy atom. The van der Waals surface area contributed by atoms with Crippen LogP contribution in [0.2, 0.25) is 5.15 Å². The van der Waals surface area contributed by atoms with Gasteiger partial charge in [0.2, 0.25) is 0 Å². The first-order chi connectivity index (χ1) is 7.64. The molecular formula is C7H2ClF5N2O2. The van der Waals surface area contributed by atoms with Crippen molar-refractivity contribution in [3.8, 4) is 0 Å². The molecule has 0 aliphatic heterocycles. The molecule has 0 atom stereocenters. The maximum absolute atomic E-state index is 12.4. The number of hydrogen-bond acceptors (Lipinski definition) is 3. The van der Waals surface area contributed by atoms with Crippen molar-refractivity contribution < 1.29 is 26.9 Å². The van der Waals surface area contributed by atoms with Gasteiger partial charge < -0.3 is 0 Å². The molecule has 0 aliphatic carbocycles. The second kappa shape index (κ2) is 4.40. The van der Waals surface area contributed by atoms with E-state index in [1.165, 1.54) is 0 Å². The molecule has 17 heavy (non-hydrogen) atoms. The van der Waals surface area contributed by atoms with Crippen LogP contribution in [0.15, 0.2) is 6.07 Å². The first-order valence-electron chi connectivity index (χ1n) is 3.84. The molecular weight excluding hydrogens is 275 g/mol. The van der Waals surface area contributed by atoms with Crippen LogP contribution in [0.5, 0.6) is 0 Å². The molecule has 0 saturated heterocycles. The first-order valence-corrected chi connectivity index (χ1v) is 4.22. The molecule has 0 radical (unpaired) electrons. The lowest BCUT2D eigenvalue weighted by Crippen LogP contribution is -2.11. The van der Waals surface area contributed by atoms with Crippen molar-refractivity contribution in [1.82, 2.24) is 4.98 Å². The van der Waals surface area contributed by atoms with Gasteiger partial charge in [-0.05, 0) is 0 Å². The van der Waals surface area contributed by atoms with Crippen molar-refractivity contribution >= 4 is 17.3 Å². The molecule has 0 amide bonds. The summed E-state index contributed by atoms with van der Waals surface area (Å²) in [5, 5.41) is 9.14. The number of hydrogen-bond donors (Lipinski definition) is 0. The summed E-state index contributed by atoms with van der Waals surface area (Å²) in [6, 6.07) is -0.0760. The minimum Gasteiger partial charge on any atom is -0.258 e. The molecule has 4 nitrogen and oxygen atoms in total. The zero-order valence-corrected chi connectivity index (χ0v) is 8.39. The number of aromatic nitrogens is 1. The standard InChI is InChI=1S/C7H2ClF5N2O2/c8-5-4(6(9)10)2(15(16)17)1-3(14-5)7(11,12)13/h1,6H. The van der Waals surface area contributed by atoms with Crippen LogP contribution >= 0.6 is 11.6 Å². The summed E-state index contributed by atoms with van der Waals surface area (Å²) in [5.74, 6) is 0. The number of nitro groups is 1. The lowest BCUT2D eigenvalue weighted by atomic mass is 10.2. The van der Waals surface area contributed by atoms with Crippen molar-refractivity contribution in [3.05, 3.63) is 32.6 Å². The predicted molar refractivity (Wildman–Crippen MR) is 45.9 cm³/mol. The Balaban J connectivity index is 3.53.